The van der Waals surface area contributed by atoms with Gasteiger partial charge in [-0.25, -0.2) is 0 Å². The Balaban J connectivity index is 1.80. The predicted molar refractivity (Wildman–Crippen MR) is 122 cm³/mol. The summed E-state index contributed by atoms with van der Waals surface area (Å²) in [5, 5.41) is 5.82. The van der Waals surface area contributed by atoms with Crippen molar-refractivity contribution in [2.45, 2.75) is 19.9 Å². The van der Waals surface area contributed by atoms with Crippen molar-refractivity contribution >= 4 is 17.5 Å². The molecule has 1 atom stereocenters. The van der Waals surface area contributed by atoms with Gasteiger partial charge in [-0.05, 0) is 42.3 Å². The lowest BCUT2D eigenvalue weighted by atomic mass is 10.0. The SMILES string of the molecule is COc1ccc(C(CNC(=O)c2ccc(C)c(NC(C)=O)c2)N2CCOCC2)cc1OC. The smallest absolute Gasteiger partial charge is 0.251 e. The highest BCUT2D eigenvalue weighted by Crippen LogP contribution is 2.32. The fourth-order valence-corrected chi connectivity index (χ4v) is 3.79. The van der Waals surface area contributed by atoms with Crippen molar-refractivity contribution in [3.05, 3.63) is 53.1 Å². The number of hydrogen-bond donors (Lipinski definition) is 2. The molecule has 0 radical (unpaired) electrons. The van der Waals surface area contributed by atoms with Crippen molar-refractivity contribution in [2.24, 2.45) is 0 Å². The molecule has 32 heavy (non-hydrogen) atoms. The Morgan fingerprint density at radius 3 is 2.44 bits per heavy atom. The topological polar surface area (TPSA) is 89.1 Å². The summed E-state index contributed by atoms with van der Waals surface area (Å²) in [5.41, 5.74) is 3.04. The highest BCUT2D eigenvalue weighted by Gasteiger charge is 2.24. The Morgan fingerprint density at radius 1 is 1.06 bits per heavy atom. The zero-order chi connectivity index (χ0) is 23.1. The first-order chi connectivity index (χ1) is 15.4. The molecule has 1 aliphatic rings. The van der Waals surface area contributed by atoms with E-state index in [2.05, 4.69) is 15.5 Å². The highest BCUT2D eigenvalue weighted by atomic mass is 16.5. The minimum atomic E-state index is -0.199. The molecule has 8 heteroatoms. The maximum absolute atomic E-state index is 12.9. The van der Waals surface area contributed by atoms with Gasteiger partial charge < -0.3 is 24.8 Å². The van der Waals surface area contributed by atoms with Crippen LogP contribution in [0.3, 0.4) is 0 Å². The van der Waals surface area contributed by atoms with Crippen LogP contribution in [0.4, 0.5) is 5.69 Å². The number of aryl methyl sites for hydroxylation is 1. The third-order valence-corrected chi connectivity index (χ3v) is 5.55. The van der Waals surface area contributed by atoms with Crippen LogP contribution >= 0.6 is 0 Å². The average Bonchev–Trinajstić information content (AvgIpc) is 2.80. The monoisotopic (exact) mass is 441 g/mol. The zero-order valence-electron chi connectivity index (χ0n) is 19.1. The van der Waals surface area contributed by atoms with Crippen molar-refractivity contribution < 1.29 is 23.8 Å². The van der Waals surface area contributed by atoms with E-state index in [0.29, 0.717) is 42.5 Å². The highest BCUT2D eigenvalue weighted by molar-refractivity contribution is 5.97. The molecule has 2 aromatic carbocycles. The number of rotatable bonds is 8. The number of carbonyl (C=O) groups excluding carboxylic acids is 2. The number of ether oxygens (including phenoxy) is 3. The van der Waals surface area contributed by atoms with Crippen LogP contribution in [0.5, 0.6) is 11.5 Å². The molecule has 1 aliphatic heterocycles. The largest absolute Gasteiger partial charge is 0.493 e. The van der Waals surface area contributed by atoms with Gasteiger partial charge in [0.15, 0.2) is 11.5 Å². The fraction of sp³-hybridized carbons (Fsp3) is 0.417. The lowest BCUT2D eigenvalue weighted by Crippen LogP contribution is -2.43. The Kier molecular flexibility index (Phi) is 8.08. The molecule has 1 saturated heterocycles. The van der Waals surface area contributed by atoms with Crippen molar-refractivity contribution in [1.29, 1.82) is 0 Å². The molecular formula is C24H31N3O5. The first-order valence-corrected chi connectivity index (χ1v) is 10.6. The van der Waals surface area contributed by atoms with E-state index in [9.17, 15) is 9.59 Å². The fourth-order valence-electron chi connectivity index (χ4n) is 3.79. The standard InChI is InChI=1S/C24H31N3O5/c1-16-5-6-19(13-20(16)26-17(2)28)24(29)25-15-21(27-9-11-32-12-10-27)18-7-8-22(30-3)23(14-18)31-4/h5-8,13-14,21H,9-12,15H2,1-4H3,(H,25,29)(H,26,28). The molecule has 0 saturated carbocycles. The summed E-state index contributed by atoms with van der Waals surface area (Å²) in [6.45, 7) is 6.59. The summed E-state index contributed by atoms with van der Waals surface area (Å²) in [6, 6.07) is 11.1. The van der Waals surface area contributed by atoms with E-state index in [0.717, 1.165) is 24.2 Å². The maximum Gasteiger partial charge on any atom is 0.251 e. The van der Waals surface area contributed by atoms with Gasteiger partial charge >= 0.3 is 0 Å². The first-order valence-electron chi connectivity index (χ1n) is 10.6. The van der Waals surface area contributed by atoms with Gasteiger partial charge in [-0.1, -0.05) is 12.1 Å². The second-order valence-electron chi connectivity index (χ2n) is 7.70. The molecule has 2 N–H and O–H groups in total. The minimum absolute atomic E-state index is 0.0529. The van der Waals surface area contributed by atoms with Crippen molar-refractivity contribution in [3.63, 3.8) is 0 Å². The van der Waals surface area contributed by atoms with E-state index >= 15 is 0 Å². The van der Waals surface area contributed by atoms with Gasteiger partial charge in [-0.15, -0.1) is 0 Å². The van der Waals surface area contributed by atoms with E-state index in [4.69, 9.17) is 14.2 Å². The van der Waals surface area contributed by atoms with Crippen LogP contribution in [0, 0.1) is 6.92 Å². The summed E-state index contributed by atoms with van der Waals surface area (Å²) < 4.78 is 16.3. The molecule has 1 heterocycles. The second-order valence-corrected chi connectivity index (χ2v) is 7.70. The molecule has 1 fully saturated rings. The van der Waals surface area contributed by atoms with E-state index in [1.54, 1.807) is 26.4 Å². The van der Waals surface area contributed by atoms with Gasteiger partial charge in [0.1, 0.15) is 0 Å². The third-order valence-electron chi connectivity index (χ3n) is 5.55. The number of carbonyl (C=O) groups is 2. The van der Waals surface area contributed by atoms with Crippen molar-refractivity contribution in [1.82, 2.24) is 10.2 Å². The van der Waals surface area contributed by atoms with E-state index < -0.39 is 0 Å². The molecule has 0 bridgehead atoms. The predicted octanol–water partition coefficient (Wildman–Crippen LogP) is 2.77. The molecule has 172 valence electrons. The summed E-state index contributed by atoms with van der Waals surface area (Å²) in [6.07, 6.45) is 0. The molecule has 0 aliphatic carbocycles. The Hall–Kier alpha value is -3.10. The van der Waals surface area contributed by atoms with Crippen LogP contribution in [0.2, 0.25) is 0 Å². The number of amides is 2. The lowest BCUT2D eigenvalue weighted by Gasteiger charge is -2.35. The van der Waals surface area contributed by atoms with E-state index in [-0.39, 0.29) is 17.9 Å². The lowest BCUT2D eigenvalue weighted by molar-refractivity contribution is -0.114. The number of anilines is 1. The summed E-state index contributed by atoms with van der Waals surface area (Å²) >= 11 is 0. The number of nitrogens with zero attached hydrogens (tertiary/aromatic N) is 1. The van der Waals surface area contributed by atoms with Gasteiger partial charge in [0.25, 0.3) is 5.91 Å². The van der Waals surface area contributed by atoms with Crippen LogP contribution in [0.1, 0.15) is 34.5 Å². The molecular weight excluding hydrogens is 410 g/mol. The molecule has 0 spiro atoms. The van der Waals surface area contributed by atoms with Crippen molar-refractivity contribution in [3.8, 4) is 11.5 Å². The van der Waals surface area contributed by atoms with Crippen LogP contribution < -0.4 is 20.1 Å². The van der Waals surface area contributed by atoms with Gasteiger partial charge in [0.2, 0.25) is 5.91 Å². The summed E-state index contributed by atoms with van der Waals surface area (Å²) in [7, 11) is 3.21. The van der Waals surface area contributed by atoms with Gasteiger partial charge in [-0.3, -0.25) is 14.5 Å². The quantitative estimate of drug-likeness (QED) is 0.655. The first kappa shape index (κ1) is 23.6. The summed E-state index contributed by atoms with van der Waals surface area (Å²) in [5.74, 6) is 0.932. The molecule has 2 amide bonds. The third kappa shape index (κ3) is 5.77. The van der Waals surface area contributed by atoms with Gasteiger partial charge in [0, 0.05) is 37.8 Å². The molecule has 0 aromatic heterocycles. The van der Waals surface area contributed by atoms with E-state index in [1.807, 2.05) is 31.2 Å². The van der Waals surface area contributed by atoms with Gasteiger partial charge in [-0.2, -0.15) is 0 Å². The zero-order valence-corrected chi connectivity index (χ0v) is 19.1. The van der Waals surface area contributed by atoms with E-state index in [1.165, 1.54) is 6.92 Å². The number of hydrogen-bond acceptors (Lipinski definition) is 6. The average molecular weight is 442 g/mol. The molecule has 2 aromatic rings. The molecule has 3 rings (SSSR count). The van der Waals surface area contributed by atoms with Crippen LogP contribution in [-0.4, -0.2) is 63.8 Å². The number of morpholine rings is 1. The molecule has 1 unspecified atom stereocenters. The van der Waals surface area contributed by atoms with Crippen LogP contribution in [-0.2, 0) is 9.53 Å². The number of nitrogens with one attached hydrogen (secondary N) is 2. The maximum atomic E-state index is 12.9. The normalized spacial score (nSPS) is 15.0. The Morgan fingerprint density at radius 2 is 1.78 bits per heavy atom. The second kappa shape index (κ2) is 11.0. The number of methoxy groups -OCH3 is 2. The van der Waals surface area contributed by atoms with Crippen LogP contribution in [0.15, 0.2) is 36.4 Å². The van der Waals surface area contributed by atoms with Crippen LogP contribution in [0.25, 0.3) is 0 Å². The minimum Gasteiger partial charge on any atom is -0.493 e. The van der Waals surface area contributed by atoms with Gasteiger partial charge in [0.05, 0.1) is 33.5 Å². The number of benzene rings is 2. The Labute approximate surface area is 188 Å². The van der Waals surface area contributed by atoms with Crippen molar-refractivity contribution in [2.75, 3.05) is 52.4 Å². The summed E-state index contributed by atoms with van der Waals surface area (Å²) in [4.78, 5) is 26.7. The molecule has 8 nitrogen and oxygen atoms in total. The Bertz CT molecular complexity index is 957.